The van der Waals surface area contributed by atoms with Crippen molar-refractivity contribution in [1.29, 1.82) is 0 Å². The molecule has 14 heavy (non-hydrogen) atoms. The standard InChI is InChI=1S/C9H18N2O2S/c1-3-8(2)11-9(14)10-4-6-13-7-5-12/h3,8,12H,1,4-7H2,2H3,(H2,10,11,14). The van der Waals surface area contributed by atoms with Crippen molar-refractivity contribution in [3.8, 4) is 0 Å². The van der Waals surface area contributed by atoms with Crippen LogP contribution in [0.25, 0.3) is 0 Å². The van der Waals surface area contributed by atoms with Gasteiger partial charge in [0.05, 0.1) is 19.8 Å². The molecule has 0 amide bonds. The summed E-state index contributed by atoms with van der Waals surface area (Å²) in [6.45, 7) is 7.18. The molecule has 1 atom stereocenters. The van der Waals surface area contributed by atoms with Crippen LogP contribution in [0.4, 0.5) is 0 Å². The number of hydrogen-bond donors (Lipinski definition) is 3. The minimum atomic E-state index is 0.0518. The van der Waals surface area contributed by atoms with Crippen molar-refractivity contribution in [1.82, 2.24) is 10.6 Å². The van der Waals surface area contributed by atoms with E-state index in [9.17, 15) is 0 Å². The quantitative estimate of drug-likeness (QED) is 0.320. The summed E-state index contributed by atoms with van der Waals surface area (Å²) < 4.78 is 5.04. The molecule has 0 aliphatic rings. The summed E-state index contributed by atoms with van der Waals surface area (Å²) in [4.78, 5) is 0. The van der Waals surface area contributed by atoms with E-state index in [-0.39, 0.29) is 12.6 Å². The lowest BCUT2D eigenvalue weighted by Crippen LogP contribution is -2.40. The molecule has 1 unspecified atom stereocenters. The molecule has 0 aliphatic heterocycles. The van der Waals surface area contributed by atoms with Crippen LogP contribution in [-0.2, 0) is 4.74 Å². The highest BCUT2D eigenvalue weighted by Crippen LogP contribution is 1.81. The zero-order chi connectivity index (χ0) is 10.8. The van der Waals surface area contributed by atoms with E-state index in [2.05, 4.69) is 17.2 Å². The molecule has 0 saturated heterocycles. The molecule has 0 aromatic rings. The molecule has 5 heteroatoms. The average molecular weight is 218 g/mol. The summed E-state index contributed by atoms with van der Waals surface area (Å²) in [6, 6.07) is 0.161. The van der Waals surface area contributed by atoms with E-state index in [0.29, 0.717) is 24.9 Å². The minimum absolute atomic E-state index is 0.0518. The number of rotatable bonds is 7. The maximum absolute atomic E-state index is 8.43. The first kappa shape index (κ1) is 13.4. The number of thiocarbonyl (C=S) groups is 1. The fraction of sp³-hybridized carbons (Fsp3) is 0.667. The van der Waals surface area contributed by atoms with Gasteiger partial charge in [-0.25, -0.2) is 0 Å². The van der Waals surface area contributed by atoms with Gasteiger partial charge >= 0.3 is 0 Å². The Morgan fingerprint density at radius 2 is 2.36 bits per heavy atom. The van der Waals surface area contributed by atoms with E-state index in [1.165, 1.54) is 0 Å². The van der Waals surface area contributed by atoms with Gasteiger partial charge in [-0.15, -0.1) is 6.58 Å². The number of aliphatic hydroxyl groups excluding tert-OH is 1. The van der Waals surface area contributed by atoms with Crippen molar-refractivity contribution in [2.45, 2.75) is 13.0 Å². The first-order valence-electron chi connectivity index (χ1n) is 4.56. The number of hydrogen-bond acceptors (Lipinski definition) is 3. The predicted octanol–water partition coefficient (Wildman–Crippen LogP) is 0.0339. The third-order valence-electron chi connectivity index (χ3n) is 1.48. The molecule has 0 fully saturated rings. The zero-order valence-corrected chi connectivity index (χ0v) is 9.27. The Balaban J connectivity index is 3.31. The highest BCUT2D eigenvalue weighted by atomic mass is 32.1. The Kier molecular flexibility index (Phi) is 8.51. The van der Waals surface area contributed by atoms with E-state index in [4.69, 9.17) is 22.1 Å². The smallest absolute Gasteiger partial charge is 0.166 e. The molecule has 0 spiro atoms. The van der Waals surface area contributed by atoms with Crippen LogP contribution < -0.4 is 10.6 Å². The van der Waals surface area contributed by atoms with Crippen LogP contribution in [0.1, 0.15) is 6.92 Å². The lowest BCUT2D eigenvalue weighted by Gasteiger charge is -2.13. The monoisotopic (exact) mass is 218 g/mol. The van der Waals surface area contributed by atoms with E-state index in [1.54, 1.807) is 6.08 Å². The van der Waals surface area contributed by atoms with Gasteiger partial charge in [-0.05, 0) is 19.1 Å². The van der Waals surface area contributed by atoms with E-state index >= 15 is 0 Å². The molecule has 0 radical (unpaired) electrons. The van der Waals surface area contributed by atoms with Crippen molar-refractivity contribution in [3.63, 3.8) is 0 Å². The molecular weight excluding hydrogens is 200 g/mol. The molecule has 0 rings (SSSR count). The summed E-state index contributed by atoms with van der Waals surface area (Å²) in [7, 11) is 0. The highest BCUT2D eigenvalue weighted by molar-refractivity contribution is 7.80. The summed E-state index contributed by atoms with van der Waals surface area (Å²) >= 11 is 5.00. The van der Waals surface area contributed by atoms with Gasteiger partial charge in [-0.1, -0.05) is 6.08 Å². The molecule has 0 aromatic carbocycles. The van der Waals surface area contributed by atoms with Gasteiger partial charge in [-0.2, -0.15) is 0 Å². The maximum Gasteiger partial charge on any atom is 0.166 e. The van der Waals surface area contributed by atoms with E-state index in [0.717, 1.165) is 0 Å². The van der Waals surface area contributed by atoms with Crippen LogP contribution >= 0.6 is 12.2 Å². The van der Waals surface area contributed by atoms with Gasteiger partial charge in [-0.3, -0.25) is 0 Å². The molecular formula is C9H18N2O2S. The molecule has 0 aromatic heterocycles. The van der Waals surface area contributed by atoms with Crippen LogP contribution in [0.3, 0.4) is 0 Å². The first-order valence-corrected chi connectivity index (χ1v) is 4.97. The Hall–Kier alpha value is -0.650. The highest BCUT2D eigenvalue weighted by Gasteiger charge is 1.97. The van der Waals surface area contributed by atoms with Crippen molar-refractivity contribution in [2.24, 2.45) is 0 Å². The minimum Gasteiger partial charge on any atom is -0.394 e. The van der Waals surface area contributed by atoms with Crippen LogP contribution in [0.2, 0.25) is 0 Å². The SMILES string of the molecule is C=CC(C)NC(=S)NCCOCCO. The van der Waals surface area contributed by atoms with Crippen molar-refractivity contribution < 1.29 is 9.84 Å². The zero-order valence-electron chi connectivity index (χ0n) is 8.45. The molecule has 3 N–H and O–H groups in total. The Bertz CT molecular complexity index is 176. The molecule has 4 nitrogen and oxygen atoms in total. The largest absolute Gasteiger partial charge is 0.394 e. The van der Waals surface area contributed by atoms with Crippen molar-refractivity contribution in [2.75, 3.05) is 26.4 Å². The van der Waals surface area contributed by atoms with Gasteiger partial charge < -0.3 is 20.5 Å². The molecule has 82 valence electrons. The number of ether oxygens (including phenoxy) is 1. The Morgan fingerprint density at radius 1 is 1.64 bits per heavy atom. The lowest BCUT2D eigenvalue weighted by molar-refractivity contribution is 0.0958. The summed E-state index contributed by atoms with van der Waals surface area (Å²) in [5.74, 6) is 0. The molecule has 0 aliphatic carbocycles. The molecule has 0 heterocycles. The number of aliphatic hydroxyl groups is 1. The first-order chi connectivity index (χ1) is 6.70. The molecule has 0 saturated carbocycles. The van der Waals surface area contributed by atoms with Crippen molar-refractivity contribution >= 4 is 17.3 Å². The fourth-order valence-corrected chi connectivity index (χ4v) is 1.01. The predicted molar refractivity (Wildman–Crippen MR) is 61.3 cm³/mol. The van der Waals surface area contributed by atoms with Crippen LogP contribution in [0, 0.1) is 0 Å². The molecule has 0 bridgehead atoms. The van der Waals surface area contributed by atoms with Gasteiger partial charge in [0.15, 0.2) is 5.11 Å². The fourth-order valence-electron chi connectivity index (χ4n) is 0.720. The Morgan fingerprint density at radius 3 is 2.93 bits per heavy atom. The van der Waals surface area contributed by atoms with Gasteiger partial charge in [0, 0.05) is 12.6 Å². The van der Waals surface area contributed by atoms with E-state index in [1.807, 2.05) is 6.92 Å². The third kappa shape index (κ3) is 7.97. The third-order valence-corrected chi connectivity index (χ3v) is 1.74. The lowest BCUT2D eigenvalue weighted by atomic mass is 10.3. The second-order valence-electron chi connectivity index (χ2n) is 2.76. The maximum atomic E-state index is 8.43. The second-order valence-corrected chi connectivity index (χ2v) is 3.17. The Labute approximate surface area is 90.3 Å². The normalized spacial score (nSPS) is 11.9. The second kappa shape index (κ2) is 8.93. The summed E-state index contributed by atoms with van der Waals surface area (Å²) in [5, 5.41) is 15.0. The van der Waals surface area contributed by atoms with Gasteiger partial charge in [0.25, 0.3) is 0 Å². The van der Waals surface area contributed by atoms with Crippen LogP contribution in [-0.4, -0.2) is 42.6 Å². The summed E-state index contributed by atoms with van der Waals surface area (Å²) in [5.41, 5.74) is 0. The summed E-state index contributed by atoms with van der Waals surface area (Å²) in [6.07, 6.45) is 1.77. The topological polar surface area (TPSA) is 53.5 Å². The van der Waals surface area contributed by atoms with Crippen LogP contribution in [0.5, 0.6) is 0 Å². The van der Waals surface area contributed by atoms with Crippen molar-refractivity contribution in [3.05, 3.63) is 12.7 Å². The van der Waals surface area contributed by atoms with Gasteiger partial charge in [0.1, 0.15) is 0 Å². The van der Waals surface area contributed by atoms with E-state index < -0.39 is 0 Å². The average Bonchev–Trinajstić information content (AvgIpc) is 2.17. The van der Waals surface area contributed by atoms with Crippen LogP contribution in [0.15, 0.2) is 12.7 Å². The number of nitrogens with one attached hydrogen (secondary N) is 2. The van der Waals surface area contributed by atoms with Gasteiger partial charge in [0.2, 0.25) is 0 Å².